The molecule has 2 aromatic carbocycles. The van der Waals surface area contributed by atoms with E-state index in [0.29, 0.717) is 41.8 Å². The van der Waals surface area contributed by atoms with Crippen molar-refractivity contribution in [1.82, 2.24) is 14.9 Å². The molecule has 0 bridgehead atoms. The lowest BCUT2D eigenvalue weighted by Crippen LogP contribution is -2.45. The number of hydrogen-bond acceptors (Lipinski definition) is 10. The van der Waals surface area contributed by atoms with Crippen molar-refractivity contribution < 1.29 is 33.0 Å². The number of nitrogens with zero attached hydrogens (tertiary/aromatic N) is 4. The number of methoxy groups -OCH3 is 1. The first-order valence-corrected chi connectivity index (χ1v) is 15.8. The summed E-state index contributed by atoms with van der Waals surface area (Å²) >= 11 is 1.12. The zero-order valence-electron chi connectivity index (χ0n) is 26.7. The van der Waals surface area contributed by atoms with Crippen molar-refractivity contribution in [3.8, 4) is 34.2 Å². The summed E-state index contributed by atoms with van der Waals surface area (Å²) in [4.78, 5) is 49.3. The predicted octanol–water partition coefficient (Wildman–Crippen LogP) is 6.46. The fourth-order valence-corrected chi connectivity index (χ4v) is 5.66. The third-order valence-electron chi connectivity index (χ3n) is 7.17. The summed E-state index contributed by atoms with van der Waals surface area (Å²) in [6.07, 6.45) is 2.05. The van der Waals surface area contributed by atoms with Gasteiger partial charge in [-0.2, -0.15) is 5.26 Å². The van der Waals surface area contributed by atoms with Crippen LogP contribution in [0.4, 0.5) is 20.7 Å². The fourth-order valence-electron chi connectivity index (χ4n) is 5.13. The number of nitriles is 1. The normalized spacial score (nSPS) is 14.2. The number of pyridine rings is 1. The molecule has 0 aliphatic carbocycles. The van der Waals surface area contributed by atoms with Gasteiger partial charge in [0.1, 0.15) is 34.8 Å². The average Bonchev–Trinajstić information content (AvgIpc) is 3.76. The lowest BCUT2D eigenvalue weighted by molar-refractivity contribution is -0.120. The molecule has 3 amide bonds. The molecule has 0 unspecified atom stereocenters. The van der Waals surface area contributed by atoms with Crippen LogP contribution in [0.2, 0.25) is 0 Å². The Balaban J connectivity index is 1.53. The van der Waals surface area contributed by atoms with E-state index in [1.165, 1.54) is 36.4 Å². The maximum atomic E-state index is 14.3. The number of carbonyl (C=O) groups is 3. The van der Waals surface area contributed by atoms with E-state index in [4.69, 9.17) is 14.2 Å². The first kappa shape index (κ1) is 34.0. The quantitative estimate of drug-likeness (QED) is 0.191. The highest BCUT2D eigenvalue weighted by atomic mass is 32.1. The molecule has 2 N–H and O–H groups in total. The van der Waals surface area contributed by atoms with Gasteiger partial charge in [0.25, 0.3) is 5.91 Å². The van der Waals surface area contributed by atoms with E-state index in [-0.39, 0.29) is 40.5 Å². The van der Waals surface area contributed by atoms with Crippen LogP contribution in [-0.2, 0) is 14.3 Å². The second-order valence-corrected chi connectivity index (χ2v) is 12.7. The van der Waals surface area contributed by atoms with Gasteiger partial charge in [-0.25, -0.2) is 19.2 Å². The molecule has 1 saturated heterocycles. The second-order valence-electron chi connectivity index (χ2n) is 11.8. The van der Waals surface area contributed by atoms with Crippen molar-refractivity contribution in [2.45, 2.75) is 45.3 Å². The Bertz CT molecular complexity index is 1870. The smallest absolute Gasteiger partial charge is 0.410 e. The lowest BCUT2D eigenvalue weighted by Gasteiger charge is -2.28. The molecule has 12 nitrogen and oxygen atoms in total. The van der Waals surface area contributed by atoms with Crippen LogP contribution in [0.15, 0.2) is 60.1 Å². The Morgan fingerprint density at radius 3 is 2.65 bits per heavy atom. The summed E-state index contributed by atoms with van der Waals surface area (Å²) in [6, 6.07) is 13.7. The van der Waals surface area contributed by atoms with Crippen LogP contribution >= 0.6 is 11.3 Å². The molecule has 0 spiro atoms. The Morgan fingerprint density at radius 1 is 1.12 bits per heavy atom. The molecular weight excluding hydrogens is 639 g/mol. The van der Waals surface area contributed by atoms with E-state index in [0.717, 1.165) is 11.3 Å². The van der Waals surface area contributed by atoms with Crippen molar-refractivity contribution in [2.75, 3.05) is 31.1 Å². The number of hydrogen-bond donors (Lipinski definition) is 2. The molecule has 2 aromatic heterocycles. The van der Waals surface area contributed by atoms with Gasteiger partial charge < -0.3 is 24.8 Å². The van der Waals surface area contributed by atoms with Gasteiger partial charge in [0.2, 0.25) is 5.91 Å². The van der Waals surface area contributed by atoms with Gasteiger partial charge in [0, 0.05) is 48.1 Å². The monoisotopic (exact) mass is 672 g/mol. The fraction of sp³-hybridized carbons (Fsp3) is 0.294. The van der Waals surface area contributed by atoms with E-state index >= 15 is 0 Å². The number of likely N-dealkylation sites (tertiary alicyclic amines) is 1. The van der Waals surface area contributed by atoms with E-state index in [1.807, 2.05) is 0 Å². The van der Waals surface area contributed by atoms with Gasteiger partial charge in [-0.05, 0) is 69.5 Å². The molecule has 1 aliphatic heterocycles. The third kappa shape index (κ3) is 7.93. The number of aromatic nitrogens is 2. The SMILES string of the molecule is COCOc1cc(F)ccc1-c1cc(-c2cccc(NC(=O)[C@H]3CCCN3C(=O)OC(C)(C)C)c2)c(C#N)c(NC(=O)c2nccs2)n1. The van der Waals surface area contributed by atoms with E-state index in [9.17, 15) is 24.0 Å². The Kier molecular flexibility index (Phi) is 10.3. The summed E-state index contributed by atoms with van der Waals surface area (Å²) in [7, 11) is 1.43. The molecule has 5 rings (SSSR count). The summed E-state index contributed by atoms with van der Waals surface area (Å²) in [6.45, 7) is 5.53. The van der Waals surface area contributed by atoms with Gasteiger partial charge in [0.05, 0.1) is 5.69 Å². The molecule has 0 saturated carbocycles. The molecule has 14 heteroatoms. The molecule has 48 heavy (non-hydrogen) atoms. The van der Waals surface area contributed by atoms with Gasteiger partial charge in [-0.1, -0.05) is 12.1 Å². The molecule has 248 valence electrons. The zero-order chi connectivity index (χ0) is 34.4. The van der Waals surface area contributed by atoms with Gasteiger partial charge in [-0.3, -0.25) is 14.5 Å². The molecule has 0 radical (unpaired) electrons. The summed E-state index contributed by atoms with van der Waals surface area (Å²) < 4.78 is 30.4. The Labute approximate surface area is 280 Å². The number of amides is 3. The Morgan fingerprint density at radius 2 is 1.94 bits per heavy atom. The maximum absolute atomic E-state index is 14.3. The number of halogens is 1. The van der Waals surface area contributed by atoms with Crippen molar-refractivity contribution >= 4 is 40.7 Å². The minimum absolute atomic E-state index is 0.0421. The second kappa shape index (κ2) is 14.6. The van der Waals surface area contributed by atoms with Crippen LogP contribution in [-0.4, -0.2) is 64.9 Å². The number of ether oxygens (including phenoxy) is 3. The predicted molar refractivity (Wildman–Crippen MR) is 177 cm³/mol. The highest BCUT2D eigenvalue weighted by Crippen LogP contribution is 2.37. The van der Waals surface area contributed by atoms with Crippen molar-refractivity contribution in [2.24, 2.45) is 0 Å². The summed E-state index contributed by atoms with van der Waals surface area (Å²) in [5.41, 5.74) is 1.26. The number of anilines is 2. The van der Waals surface area contributed by atoms with Gasteiger partial charge >= 0.3 is 6.09 Å². The van der Waals surface area contributed by atoms with E-state index in [1.54, 1.807) is 56.5 Å². The largest absolute Gasteiger partial charge is 0.467 e. The first-order chi connectivity index (χ1) is 23.0. The number of benzene rings is 2. The maximum Gasteiger partial charge on any atom is 0.410 e. The van der Waals surface area contributed by atoms with Crippen LogP contribution in [0, 0.1) is 17.1 Å². The Hall–Kier alpha value is -5.39. The highest BCUT2D eigenvalue weighted by molar-refractivity contribution is 7.11. The highest BCUT2D eigenvalue weighted by Gasteiger charge is 2.36. The molecule has 3 heterocycles. The van der Waals surface area contributed by atoms with Crippen LogP contribution < -0.4 is 15.4 Å². The van der Waals surface area contributed by atoms with Crippen molar-refractivity contribution in [3.05, 3.63) is 76.5 Å². The summed E-state index contributed by atoms with van der Waals surface area (Å²) in [5.74, 6) is -1.43. The van der Waals surface area contributed by atoms with Gasteiger partial charge in [-0.15, -0.1) is 11.3 Å². The van der Waals surface area contributed by atoms with Crippen LogP contribution in [0.3, 0.4) is 0 Å². The molecule has 4 aromatic rings. The van der Waals surface area contributed by atoms with Gasteiger partial charge in [0.15, 0.2) is 17.6 Å². The average molecular weight is 673 g/mol. The first-order valence-electron chi connectivity index (χ1n) is 15.0. The summed E-state index contributed by atoms with van der Waals surface area (Å²) in [5, 5.41) is 17.7. The number of carbonyl (C=O) groups excluding carboxylic acids is 3. The van der Waals surface area contributed by atoms with Crippen LogP contribution in [0.1, 0.15) is 49.0 Å². The van der Waals surface area contributed by atoms with Crippen molar-refractivity contribution in [3.63, 3.8) is 0 Å². The molecule has 1 fully saturated rings. The van der Waals surface area contributed by atoms with Crippen molar-refractivity contribution in [1.29, 1.82) is 5.26 Å². The molecular formula is C34H33FN6O6S. The zero-order valence-corrected chi connectivity index (χ0v) is 27.5. The molecule has 1 aliphatic rings. The topological polar surface area (TPSA) is 156 Å². The standard InChI is InChI=1S/C34H33FN6O6S/c1-34(2,3)47-33(44)41-13-6-9-27(41)30(42)38-22-8-5-7-20(15-22)24-17-26(23-11-10-21(35)16-28(23)46-19-45-4)39-29(25(24)18-36)40-31(43)32-37-12-14-48-32/h5,7-8,10-12,14-17,27H,6,9,13,19H2,1-4H3,(H,38,42)(H,39,40,43)/t27-/m1/s1. The minimum Gasteiger partial charge on any atom is -0.467 e. The number of rotatable bonds is 9. The third-order valence-corrected chi connectivity index (χ3v) is 7.94. The van der Waals surface area contributed by atoms with E-state index in [2.05, 4.69) is 26.7 Å². The lowest BCUT2D eigenvalue weighted by atomic mass is 9.97. The molecule has 1 atom stereocenters. The number of thiazole rings is 1. The van der Waals surface area contributed by atoms with Crippen LogP contribution in [0.25, 0.3) is 22.4 Å². The van der Waals surface area contributed by atoms with E-state index < -0.39 is 29.5 Å². The minimum atomic E-state index is -0.720. The number of nitrogens with one attached hydrogen (secondary N) is 2. The van der Waals surface area contributed by atoms with Crippen LogP contribution in [0.5, 0.6) is 5.75 Å².